The van der Waals surface area contributed by atoms with Crippen LogP contribution in [0.4, 0.5) is 0 Å². The van der Waals surface area contributed by atoms with E-state index in [1.807, 2.05) is 7.05 Å². The Labute approximate surface area is 113 Å². The Kier molecular flexibility index (Phi) is 3.80. The molecule has 2 rings (SSSR count). The first kappa shape index (κ1) is 14.0. The quantitative estimate of drug-likeness (QED) is 0.918. The zero-order valence-electron chi connectivity index (χ0n) is 11.1. The number of thiazole rings is 1. The summed E-state index contributed by atoms with van der Waals surface area (Å²) in [5.41, 5.74) is 0.895. The number of rotatable bonds is 3. The van der Waals surface area contributed by atoms with Gasteiger partial charge in [-0.05, 0) is 33.2 Å². The predicted molar refractivity (Wildman–Crippen MR) is 74.9 cm³/mol. The molecule has 1 aliphatic rings. The molecule has 0 amide bonds. The van der Waals surface area contributed by atoms with E-state index < -0.39 is 9.84 Å². The van der Waals surface area contributed by atoms with E-state index in [4.69, 9.17) is 4.98 Å². The lowest BCUT2D eigenvalue weighted by molar-refractivity contribution is 0.323. The first-order chi connectivity index (χ1) is 8.42. The second kappa shape index (κ2) is 4.90. The highest BCUT2D eigenvalue weighted by Crippen LogP contribution is 2.36. The van der Waals surface area contributed by atoms with Crippen LogP contribution in [0.3, 0.4) is 0 Å². The molecule has 0 radical (unpaired) electrons. The van der Waals surface area contributed by atoms with E-state index >= 15 is 0 Å². The highest BCUT2D eigenvalue weighted by molar-refractivity contribution is 7.91. The van der Waals surface area contributed by atoms with Crippen molar-refractivity contribution in [1.29, 1.82) is 0 Å². The van der Waals surface area contributed by atoms with Gasteiger partial charge in [0.1, 0.15) is 14.8 Å². The summed E-state index contributed by atoms with van der Waals surface area (Å²) in [6.45, 7) is 4.19. The molecular weight excluding hydrogens is 268 g/mol. The predicted octanol–water partition coefficient (Wildman–Crippen LogP) is 1.64. The van der Waals surface area contributed by atoms with Crippen molar-refractivity contribution in [3.8, 4) is 0 Å². The Balaban J connectivity index is 2.33. The summed E-state index contributed by atoms with van der Waals surface area (Å²) in [7, 11) is -0.941. The zero-order valence-corrected chi connectivity index (χ0v) is 12.7. The average molecular weight is 288 g/mol. The van der Waals surface area contributed by atoms with E-state index in [0.29, 0.717) is 12.8 Å². The molecule has 0 unspecified atom stereocenters. The van der Waals surface area contributed by atoms with E-state index in [0.717, 1.165) is 17.1 Å². The zero-order chi connectivity index (χ0) is 13.4. The van der Waals surface area contributed by atoms with Crippen molar-refractivity contribution < 1.29 is 8.42 Å². The molecular formula is C12H20N2O2S2. The van der Waals surface area contributed by atoms with E-state index in [-0.39, 0.29) is 17.0 Å². The third kappa shape index (κ3) is 2.46. The van der Waals surface area contributed by atoms with Crippen molar-refractivity contribution in [3.05, 3.63) is 15.6 Å². The molecule has 1 fully saturated rings. The van der Waals surface area contributed by atoms with Crippen LogP contribution in [0.25, 0.3) is 0 Å². The van der Waals surface area contributed by atoms with Crippen molar-refractivity contribution in [2.75, 3.05) is 18.6 Å². The maximum Gasteiger partial charge on any atom is 0.150 e. The Bertz CT molecular complexity index is 520. The average Bonchev–Trinajstić information content (AvgIpc) is 2.72. The molecule has 0 aliphatic carbocycles. The van der Waals surface area contributed by atoms with Gasteiger partial charge in [-0.25, -0.2) is 13.4 Å². The van der Waals surface area contributed by atoms with Crippen LogP contribution in [-0.4, -0.2) is 32.0 Å². The lowest BCUT2D eigenvalue weighted by Crippen LogP contribution is -2.46. The van der Waals surface area contributed by atoms with Gasteiger partial charge in [0.15, 0.2) is 0 Å². The number of nitrogens with one attached hydrogen (secondary N) is 1. The molecule has 0 aromatic carbocycles. The first-order valence-corrected chi connectivity index (χ1v) is 8.92. The van der Waals surface area contributed by atoms with Crippen LogP contribution in [0.5, 0.6) is 0 Å². The monoisotopic (exact) mass is 288 g/mol. The lowest BCUT2D eigenvalue weighted by Gasteiger charge is -2.35. The van der Waals surface area contributed by atoms with Crippen molar-refractivity contribution in [1.82, 2.24) is 10.3 Å². The normalized spacial score (nSPS) is 21.9. The van der Waals surface area contributed by atoms with Gasteiger partial charge in [-0.2, -0.15) is 0 Å². The number of aryl methyl sites for hydroxylation is 2. The molecule has 0 spiro atoms. The van der Waals surface area contributed by atoms with Gasteiger partial charge in [0.25, 0.3) is 0 Å². The van der Waals surface area contributed by atoms with Crippen LogP contribution in [0.15, 0.2) is 0 Å². The number of hydrogen-bond donors (Lipinski definition) is 1. The van der Waals surface area contributed by atoms with Gasteiger partial charge in [-0.1, -0.05) is 6.92 Å². The maximum absolute atomic E-state index is 11.6. The van der Waals surface area contributed by atoms with Gasteiger partial charge < -0.3 is 5.32 Å². The number of nitrogens with zero attached hydrogens (tertiary/aromatic N) is 1. The van der Waals surface area contributed by atoms with Crippen molar-refractivity contribution >= 4 is 21.2 Å². The summed E-state index contributed by atoms with van der Waals surface area (Å²) in [4.78, 5) is 5.95. The summed E-state index contributed by atoms with van der Waals surface area (Å²) in [5.74, 6) is 0.516. The summed E-state index contributed by atoms with van der Waals surface area (Å²) in [6, 6.07) is 0. The molecule has 2 heterocycles. The van der Waals surface area contributed by atoms with Crippen LogP contribution in [0, 0.1) is 6.92 Å². The van der Waals surface area contributed by atoms with Crippen LogP contribution >= 0.6 is 11.3 Å². The molecule has 0 bridgehead atoms. The fourth-order valence-corrected chi connectivity index (χ4v) is 5.20. The standard InChI is InChI=1S/C12H20N2O2S2/c1-4-10-9(2)17-11(14-10)12(13-3)5-7-18(15,16)8-6-12/h13H,4-8H2,1-3H3. The summed E-state index contributed by atoms with van der Waals surface area (Å²) in [6.07, 6.45) is 2.18. The second-order valence-electron chi connectivity index (χ2n) is 4.86. The van der Waals surface area contributed by atoms with Crippen molar-refractivity contribution in [2.45, 2.75) is 38.6 Å². The van der Waals surface area contributed by atoms with E-state index in [9.17, 15) is 8.42 Å². The smallest absolute Gasteiger partial charge is 0.150 e. The molecule has 1 aliphatic heterocycles. The molecule has 1 N–H and O–H groups in total. The van der Waals surface area contributed by atoms with Gasteiger partial charge in [0.2, 0.25) is 0 Å². The van der Waals surface area contributed by atoms with Crippen molar-refractivity contribution in [3.63, 3.8) is 0 Å². The van der Waals surface area contributed by atoms with E-state index in [1.165, 1.54) is 4.88 Å². The van der Waals surface area contributed by atoms with E-state index in [1.54, 1.807) is 11.3 Å². The van der Waals surface area contributed by atoms with Gasteiger partial charge in [0.05, 0.1) is 22.7 Å². The lowest BCUT2D eigenvalue weighted by atomic mass is 9.93. The molecule has 4 nitrogen and oxygen atoms in total. The Morgan fingerprint density at radius 3 is 2.44 bits per heavy atom. The fraction of sp³-hybridized carbons (Fsp3) is 0.750. The van der Waals surface area contributed by atoms with E-state index in [2.05, 4.69) is 19.2 Å². The molecule has 0 saturated carbocycles. The second-order valence-corrected chi connectivity index (χ2v) is 8.37. The van der Waals surface area contributed by atoms with Crippen LogP contribution in [-0.2, 0) is 21.8 Å². The van der Waals surface area contributed by atoms with Crippen LogP contribution in [0.1, 0.15) is 35.3 Å². The Hall–Kier alpha value is -0.460. The Morgan fingerprint density at radius 2 is 2.00 bits per heavy atom. The molecule has 102 valence electrons. The van der Waals surface area contributed by atoms with Gasteiger partial charge >= 0.3 is 0 Å². The van der Waals surface area contributed by atoms with Gasteiger partial charge in [-0.15, -0.1) is 11.3 Å². The highest BCUT2D eigenvalue weighted by atomic mass is 32.2. The fourth-order valence-electron chi connectivity index (χ4n) is 2.42. The maximum atomic E-state index is 11.6. The molecule has 0 atom stereocenters. The Morgan fingerprint density at radius 1 is 1.39 bits per heavy atom. The third-order valence-electron chi connectivity index (χ3n) is 3.80. The molecule has 1 aromatic heterocycles. The van der Waals surface area contributed by atoms with Crippen LogP contribution in [0.2, 0.25) is 0 Å². The summed E-state index contributed by atoms with van der Waals surface area (Å²) in [5, 5.41) is 4.37. The topological polar surface area (TPSA) is 59.1 Å². The number of sulfone groups is 1. The molecule has 1 saturated heterocycles. The van der Waals surface area contributed by atoms with Gasteiger partial charge in [-0.3, -0.25) is 0 Å². The summed E-state index contributed by atoms with van der Waals surface area (Å²) < 4.78 is 23.1. The minimum absolute atomic E-state index is 0.242. The molecule has 1 aromatic rings. The molecule has 18 heavy (non-hydrogen) atoms. The van der Waals surface area contributed by atoms with Crippen molar-refractivity contribution in [2.24, 2.45) is 0 Å². The highest BCUT2D eigenvalue weighted by Gasteiger charge is 2.40. The number of hydrogen-bond acceptors (Lipinski definition) is 5. The minimum atomic E-state index is -2.84. The summed E-state index contributed by atoms with van der Waals surface area (Å²) >= 11 is 1.70. The van der Waals surface area contributed by atoms with Crippen LogP contribution < -0.4 is 5.32 Å². The molecule has 6 heteroatoms. The SMILES string of the molecule is CCc1nc(C2(NC)CCS(=O)(=O)CC2)sc1C. The largest absolute Gasteiger partial charge is 0.308 e. The number of aromatic nitrogens is 1. The third-order valence-corrected chi connectivity index (χ3v) is 6.66. The minimum Gasteiger partial charge on any atom is -0.308 e. The first-order valence-electron chi connectivity index (χ1n) is 6.28. The van der Waals surface area contributed by atoms with Gasteiger partial charge in [0, 0.05) is 4.88 Å².